The van der Waals surface area contributed by atoms with Crippen molar-refractivity contribution in [1.82, 2.24) is 9.13 Å². The molecule has 168 valence electrons. The molecule has 0 unspecified atom stereocenters. The number of benzene rings is 3. The summed E-state index contributed by atoms with van der Waals surface area (Å²) < 4.78 is 22.1. The van der Waals surface area contributed by atoms with E-state index >= 15 is 0 Å². The average Bonchev–Trinajstić information content (AvgIpc) is 3.07. The van der Waals surface area contributed by atoms with Gasteiger partial charge in [-0.05, 0) is 48.5 Å². The summed E-state index contributed by atoms with van der Waals surface area (Å²) in [6.07, 6.45) is 0. The Morgan fingerprint density at radius 1 is 0.750 bits per heavy atom. The van der Waals surface area contributed by atoms with Crippen LogP contribution in [0, 0.1) is 5.41 Å². The van der Waals surface area contributed by atoms with Crippen molar-refractivity contribution in [3.8, 4) is 17.2 Å². The van der Waals surface area contributed by atoms with Crippen molar-refractivity contribution in [3.63, 3.8) is 0 Å². The van der Waals surface area contributed by atoms with E-state index in [-0.39, 0.29) is 17.0 Å². The van der Waals surface area contributed by atoms with E-state index in [1.165, 1.54) is 0 Å². The van der Waals surface area contributed by atoms with Crippen LogP contribution in [-0.4, -0.2) is 29.5 Å². The van der Waals surface area contributed by atoms with Crippen LogP contribution < -0.4 is 19.8 Å². The zero-order chi connectivity index (χ0) is 21.6. The molecule has 0 spiro atoms. The Hall–Kier alpha value is -2.71. The van der Waals surface area contributed by atoms with Crippen LogP contribution in [0.5, 0.6) is 17.2 Å². The van der Waals surface area contributed by atoms with Gasteiger partial charge in [0.25, 0.3) is 0 Å². The maximum atomic E-state index is 8.73. The molecule has 6 nitrogen and oxygen atoms in total. The van der Waals surface area contributed by atoms with Gasteiger partial charge in [-0.2, -0.15) is 0 Å². The molecule has 4 aromatic rings. The number of rotatable bonds is 9. The summed E-state index contributed by atoms with van der Waals surface area (Å²) in [6.45, 7) is 2.04. The third-order valence-electron chi connectivity index (χ3n) is 5.01. The Bertz CT molecular complexity index is 1220. The molecule has 0 bridgehead atoms. The van der Waals surface area contributed by atoms with Crippen LogP contribution in [0.1, 0.15) is 0 Å². The highest BCUT2D eigenvalue weighted by molar-refractivity contribution is 9.10. The summed E-state index contributed by atoms with van der Waals surface area (Å²) in [7, 11) is 1.63. The zero-order valence-electron chi connectivity index (χ0n) is 17.7. The quantitative estimate of drug-likeness (QED) is 0.296. The Morgan fingerprint density at radius 2 is 1.28 bits per heavy atom. The van der Waals surface area contributed by atoms with Gasteiger partial charge in [0.2, 0.25) is 5.62 Å². The lowest BCUT2D eigenvalue weighted by Crippen LogP contribution is -2.28. The number of hydrogen-bond acceptors (Lipinski definition) is 4. The SMILES string of the molecule is Br.COc1ccccc1OCCn1c(=N)n(CCOc2ccc(Br)cc2)c2ccccc21. The number of nitrogens with one attached hydrogen (secondary N) is 1. The lowest BCUT2D eigenvalue weighted by atomic mass is 10.3. The van der Waals surface area contributed by atoms with Crippen LogP contribution in [0.15, 0.2) is 77.3 Å². The highest BCUT2D eigenvalue weighted by Crippen LogP contribution is 2.25. The molecule has 32 heavy (non-hydrogen) atoms. The van der Waals surface area contributed by atoms with E-state index in [2.05, 4.69) is 15.9 Å². The first-order chi connectivity index (χ1) is 15.2. The molecule has 0 aliphatic heterocycles. The predicted molar refractivity (Wildman–Crippen MR) is 134 cm³/mol. The van der Waals surface area contributed by atoms with E-state index in [9.17, 15) is 0 Å². The molecule has 0 amide bonds. The molecule has 0 aliphatic rings. The lowest BCUT2D eigenvalue weighted by Gasteiger charge is -2.11. The monoisotopic (exact) mass is 561 g/mol. The number of imidazole rings is 1. The van der Waals surface area contributed by atoms with Gasteiger partial charge in [0.15, 0.2) is 11.5 Å². The molecule has 1 aromatic heterocycles. The van der Waals surface area contributed by atoms with Gasteiger partial charge in [0.1, 0.15) is 19.0 Å². The molecule has 3 aromatic carbocycles. The summed E-state index contributed by atoms with van der Waals surface area (Å²) in [5.41, 5.74) is 2.42. The minimum atomic E-state index is 0. The fourth-order valence-electron chi connectivity index (χ4n) is 3.52. The van der Waals surface area contributed by atoms with Crippen LogP contribution >= 0.6 is 32.9 Å². The standard InChI is InChI=1S/C24H24BrN3O3.BrH/c1-29-22-8-4-5-9-23(22)31-17-15-28-21-7-3-2-6-20(21)27(24(28)26)14-16-30-19-12-10-18(25)11-13-19;/h2-13,26H,14-17H2,1H3;1H. The molecular formula is C24H25Br2N3O3. The topological polar surface area (TPSA) is 61.4 Å². The van der Waals surface area contributed by atoms with Crippen molar-refractivity contribution in [1.29, 1.82) is 5.41 Å². The van der Waals surface area contributed by atoms with Gasteiger partial charge in [-0.3, -0.25) is 5.41 Å². The van der Waals surface area contributed by atoms with Crippen molar-refractivity contribution in [2.45, 2.75) is 13.1 Å². The summed E-state index contributed by atoms with van der Waals surface area (Å²) in [4.78, 5) is 0. The van der Waals surface area contributed by atoms with Crippen LogP contribution in [-0.2, 0) is 13.1 Å². The fourth-order valence-corrected chi connectivity index (χ4v) is 3.78. The van der Waals surface area contributed by atoms with Crippen molar-refractivity contribution < 1.29 is 14.2 Å². The first-order valence-electron chi connectivity index (χ1n) is 10.0. The van der Waals surface area contributed by atoms with Crippen LogP contribution in [0.4, 0.5) is 0 Å². The van der Waals surface area contributed by atoms with Crippen LogP contribution in [0.2, 0.25) is 0 Å². The second kappa shape index (κ2) is 11.2. The molecule has 1 N–H and O–H groups in total. The summed E-state index contributed by atoms with van der Waals surface area (Å²) in [5.74, 6) is 2.21. The Kier molecular flexibility index (Phi) is 8.41. The van der Waals surface area contributed by atoms with Gasteiger partial charge in [-0.1, -0.05) is 40.2 Å². The Balaban J connectivity index is 0.00000289. The molecule has 0 radical (unpaired) electrons. The first-order valence-corrected chi connectivity index (χ1v) is 10.8. The second-order valence-electron chi connectivity index (χ2n) is 6.92. The summed E-state index contributed by atoms with van der Waals surface area (Å²) in [6, 6.07) is 23.4. The summed E-state index contributed by atoms with van der Waals surface area (Å²) in [5, 5.41) is 8.73. The van der Waals surface area contributed by atoms with E-state index < -0.39 is 0 Å². The van der Waals surface area contributed by atoms with Crippen LogP contribution in [0.3, 0.4) is 0 Å². The molecular weight excluding hydrogens is 538 g/mol. The van der Waals surface area contributed by atoms with Gasteiger partial charge in [0.05, 0.1) is 31.2 Å². The zero-order valence-corrected chi connectivity index (χ0v) is 21.0. The highest BCUT2D eigenvalue weighted by atomic mass is 79.9. The van der Waals surface area contributed by atoms with Gasteiger partial charge in [-0.15, -0.1) is 17.0 Å². The maximum absolute atomic E-state index is 8.73. The van der Waals surface area contributed by atoms with Crippen molar-refractivity contribution >= 4 is 43.9 Å². The second-order valence-corrected chi connectivity index (χ2v) is 7.83. The molecule has 0 saturated heterocycles. The molecule has 1 heterocycles. The van der Waals surface area contributed by atoms with Gasteiger partial charge in [0, 0.05) is 4.47 Å². The molecule has 0 aliphatic carbocycles. The molecule has 0 saturated carbocycles. The van der Waals surface area contributed by atoms with E-state index in [1.54, 1.807) is 7.11 Å². The molecule has 0 atom stereocenters. The van der Waals surface area contributed by atoms with E-state index in [4.69, 9.17) is 19.6 Å². The van der Waals surface area contributed by atoms with Gasteiger partial charge >= 0.3 is 0 Å². The first kappa shape index (κ1) is 23.9. The minimum absolute atomic E-state index is 0. The number of para-hydroxylation sites is 4. The lowest BCUT2D eigenvalue weighted by molar-refractivity contribution is 0.276. The van der Waals surface area contributed by atoms with Crippen molar-refractivity contribution in [2.75, 3.05) is 20.3 Å². The molecule has 8 heteroatoms. The number of hydrogen-bond donors (Lipinski definition) is 1. The number of ether oxygens (including phenoxy) is 3. The number of nitrogens with zero attached hydrogens (tertiary/aromatic N) is 2. The number of halogens is 2. The van der Waals surface area contributed by atoms with E-state index in [1.807, 2.05) is 81.9 Å². The highest BCUT2D eigenvalue weighted by Gasteiger charge is 2.11. The number of aromatic nitrogens is 2. The van der Waals surface area contributed by atoms with E-state index in [0.717, 1.165) is 21.3 Å². The third-order valence-corrected chi connectivity index (χ3v) is 5.54. The minimum Gasteiger partial charge on any atom is -0.493 e. The van der Waals surface area contributed by atoms with E-state index in [0.29, 0.717) is 43.4 Å². The number of methoxy groups -OCH3 is 1. The Labute approximate surface area is 205 Å². The maximum Gasteiger partial charge on any atom is 0.203 e. The van der Waals surface area contributed by atoms with Gasteiger partial charge < -0.3 is 23.3 Å². The third kappa shape index (κ3) is 5.37. The van der Waals surface area contributed by atoms with Crippen molar-refractivity contribution in [3.05, 3.63) is 82.9 Å². The summed E-state index contributed by atoms with van der Waals surface area (Å²) >= 11 is 3.43. The smallest absolute Gasteiger partial charge is 0.203 e. The molecule has 0 fully saturated rings. The van der Waals surface area contributed by atoms with Crippen molar-refractivity contribution in [2.24, 2.45) is 0 Å². The largest absolute Gasteiger partial charge is 0.493 e. The average molecular weight is 563 g/mol. The Morgan fingerprint density at radius 3 is 1.88 bits per heavy atom. The molecule has 4 rings (SSSR count). The predicted octanol–water partition coefficient (Wildman–Crippen LogP) is 5.43. The normalized spacial score (nSPS) is 10.6. The number of fused-ring (bicyclic) bond motifs is 1. The van der Waals surface area contributed by atoms with Gasteiger partial charge in [-0.25, -0.2) is 0 Å². The van der Waals surface area contributed by atoms with Crippen LogP contribution in [0.25, 0.3) is 11.0 Å². The fraction of sp³-hybridized carbons (Fsp3) is 0.208.